The van der Waals surface area contributed by atoms with E-state index in [0.717, 1.165) is 27.7 Å². The van der Waals surface area contributed by atoms with Gasteiger partial charge in [-0.1, -0.05) is 35.9 Å². The lowest BCUT2D eigenvalue weighted by atomic mass is 9.98. The molecule has 0 bridgehead atoms. The van der Waals surface area contributed by atoms with Crippen molar-refractivity contribution in [3.8, 4) is 23.3 Å². The zero-order valence-electron chi connectivity index (χ0n) is 13.3. The van der Waals surface area contributed by atoms with E-state index in [2.05, 4.69) is 17.1 Å². The summed E-state index contributed by atoms with van der Waals surface area (Å²) in [4.78, 5) is 4.58. The maximum Gasteiger partial charge on any atom is 0.157 e. The number of imidazole rings is 1. The van der Waals surface area contributed by atoms with E-state index in [4.69, 9.17) is 11.6 Å². The summed E-state index contributed by atoms with van der Waals surface area (Å²) in [5.74, 6) is 0. The van der Waals surface area contributed by atoms with E-state index in [1.54, 1.807) is 16.5 Å². The molecule has 4 aromatic rings. The Kier molecular flexibility index (Phi) is 3.42. The van der Waals surface area contributed by atoms with Gasteiger partial charge in [-0.15, -0.1) is 0 Å². The van der Waals surface area contributed by atoms with Gasteiger partial charge in [0.1, 0.15) is 11.2 Å². The molecule has 4 nitrogen and oxygen atoms in total. The predicted molar refractivity (Wildman–Crippen MR) is 97.3 cm³/mol. The van der Waals surface area contributed by atoms with E-state index in [1.165, 1.54) is 0 Å². The molecule has 0 spiro atoms. The van der Waals surface area contributed by atoms with Crippen LogP contribution in [0.1, 0.15) is 16.7 Å². The summed E-state index contributed by atoms with van der Waals surface area (Å²) in [5.41, 5.74) is 5.50. The van der Waals surface area contributed by atoms with Crippen LogP contribution in [0.5, 0.6) is 0 Å². The highest BCUT2D eigenvalue weighted by Gasteiger charge is 2.20. The summed E-state index contributed by atoms with van der Waals surface area (Å²) in [6.45, 7) is 1.86. The second kappa shape index (κ2) is 5.63. The van der Waals surface area contributed by atoms with E-state index < -0.39 is 0 Å². The number of nitrogens with zero attached hydrogens (tertiary/aromatic N) is 4. The Hall–Kier alpha value is -3.34. The van der Waals surface area contributed by atoms with E-state index >= 15 is 0 Å². The third-order valence-electron chi connectivity index (χ3n) is 4.33. The summed E-state index contributed by atoms with van der Waals surface area (Å²) < 4.78 is 1.80. The zero-order chi connectivity index (χ0) is 17.6. The summed E-state index contributed by atoms with van der Waals surface area (Å²) in [6.07, 6.45) is 0. The van der Waals surface area contributed by atoms with Gasteiger partial charge in [-0.2, -0.15) is 10.5 Å². The number of fused-ring (bicyclic) bond motifs is 3. The van der Waals surface area contributed by atoms with Crippen LogP contribution in [0.15, 0.2) is 48.5 Å². The van der Waals surface area contributed by atoms with Gasteiger partial charge in [0.25, 0.3) is 0 Å². The molecule has 0 aliphatic carbocycles. The van der Waals surface area contributed by atoms with Crippen molar-refractivity contribution in [3.63, 3.8) is 0 Å². The fourth-order valence-electron chi connectivity index (χ4n) is 3.17. The molecule has 0 aliphatic heterocycles. The molecule has 2 heterocycles. The highest BCUT2D eigenvalue weighted by Crippen LogP contribution is 2.37. The number of nitriles is 2. The number of aromatic nitrogens is 2. The van der Waals surface area contributed by atoms with Crippen molar-refractivity contribution in [2.45, 2.75) is 6.92 Å². The van der Waals surface area contributed by atoms with Gasteiger partial charge >= 0.3 is 0 Å². The molecular weight excluding hydrogens is 332 g/mol. The number of halogens is 1. The molecule has 0 atom stereocenters. The van der Waals surface area contributed by atoms with Gasteiger partial charge < -0.3 is 0 Å². The van der Waals surface area contributed by atoms with Gasteiger partial charge in [-0.3, -0.25) is 4.40 Å². The number of hydrogen-bond donors (Lipinski definition) is 0. The van der Waals surface area contributed by atoms with Gasteiger partial charge in [0.15, 0.2) is 5.65 Å². The summed E-state index contributed by atoms with van der Waals surface area (Å²) in [7, 11) is 0. The van der Waals surface area contributed by atoms with Crippen molar-refractivity contribution < 1.29 is 0 Å². The molecule has 0 N–H and O–H groups in total. The molecule has 0 aliphatic rings. The van der Waals surface area contributed by atoms with Crippen LogP contribution in [-0.4, -0.2) is 9.38 Å². The van der Waals surface area contributed by atoms with E-state index in [9.17, 15) is 10.5 Å². The van der Waals surface area contributed by atoms with Crippen molar-refractivity contribution in [3.05, 3.63) is 70.4 Å². The fraction of sp³-hybridized carbons (Fsp3) is 0.0500. The smallest absolute Gasteiger partial charge is 0.157 e. The fourth-order valence-corrected chi connectivity index (χ4v) is 3.59. The minimum atomic E-state index is 0.482. The molecule has 2 aromatic heterocycles. The van der Waals surface area contributed by atoms with Crippen LogP contribution in [-0.2, 0) is 0 Å². The molecule has 0 saturated carbocycles. The minimum absolute atomic E-state index is 0.482. The SMILES string of the molecule is Cc1c(-c2cccc(C#N)c2)c(Cl)n2c(nc3ccccc32)c1C#N. The molecule has 25 heavy (non-hydrogen) atoms. The monoisotopic (exact) mass is 342 g/mol. The highest BCUT2D eigenvalue weighted by atomic mass is 35.5. The largest absolute Gasteiger partial charge is 0.281 e. The quantitative estimate of drug-likeness (QED) is 0.464. The number of pyridine rings is 1. The second-order valence-electron chi connectivity index (χ2n) is 5.73. The maximum absolute atomic E-state index is 9.71. The Morgan fingerprint density at radius 3 is 2.60 bits per heavy atom. The lowest BCUT2D eigenvalue weighted by Crippen LogP contribution is -1.99. The lowest BCUT2D eigenvalue weighted by Gasteiger charge is -2.13. The van der Waals surface area contributed by atoms with Crippen LogP contribution in [0.2, 0.25) is 5.15 Å². The predicted octanol–water partition coefficient (Wildman–Crippen LogP) is 4.86. The van der Waals surface area contributed by atoms with Gasteiger partial charge in [-0.05, 0) is 42.3 Å². The molecule has 5 heteroatoms. The molecule has 2 aromatic carbocycles. The Morgan fingerprint density at radius 2 is 1.84 bits per heavy atom. The number of hydrogen-bond acceptors (Lipinski definition) is 3. The van der Waals surface area contributed by atoms with Crippen LogP contribution in [0.4, 0.5) is 0 Å². The van der Waals surface area contributed by atoms with Crippen molar-refractivity contribution in [1.29, 1.82) is 10.5 Å². The minimum Gasteiger partial charge on any atom is -0.281 e. The first-order valence-electron chi connectivity index (χ1n) is 7.65. The molecule has 0 saturated heterocycles. The third kappa shape index (κ3) is 2.16. The van der Waals surface area contributed by atoms with Crippen molar-refractivity contribution in [2.24, 2.45) is 0 Å². The summed E-state index contributed by atoms with van der Waals surface area (Å²) >= 11 is 6.76. The maximum atomic E-state index is 9.71. The van der Waals surface area contributed by atoms with Gasteiger partial charge in [0.05, 0.1) is 28.2 Å². The van der Waals surface area contributed by atoms with Crippen molar-refractivity contribution >= 4 is 28.3 Å². The number of para-hydroxylation sites is 2. The molecule has 0 unspecified atom stereocenters. The van der Waals surface area contributed by atoms with Crippen LogP contribution in [0.25, 0.3) is 27.8 Å². The van der Waals surface area contributed by atoms with Crippen LogP contribution >= 0.6 is 11.6 Å². The lowest BCUT2D eigenvalue weighted by molar-refractivity contribution is 1.19. The van der Waals surface area contributed by atoms with Gasteiger partial charge in [0, 0.05) is 5.56 Å². The molecule has 4 rings (SSSR count). The first-order chi connectivity index (χ1) is 12.2. The standard InChI is InChI=1S/C20H11ClN4/c1-12-15(11-23)20-24-16-7-2-3-8-17(16)25(20)19(21)18(12)14-6-4-5-13(9-14)10-22/h2-9H,1H3. The first kappa shape index (κ1) is 15.2. The molecule has 0 amide bonds. The van der Waals surface area contributed by atoms with Crippen LogP contribution in [0, 0.1) is 29.6 Å². The number of rotatable bonds is 1. The average Bonchev–Trinajstić information content (AvgIpc) is 3.02. The van der Waals surface area contributed by atoms with E-state index in [-0.39, 0.29) is 0 Å². The molecular formula is C20H11ClN4. The third-order valence-corrected chi connectivity index (χ3v) is 4.69. The Morgan fingerprint density at radius 1 is 1.04 bits per heavy atom. The van der Waals surface area contributed by atoms with Crippen LogP contribution in [0.3, 0.4) is 0 Å². The van der Waals surface area contributed by atoms with Gasteiger partial charge in [0.2, 0.25) is 0 Å². The summed E-state index contributed by atoms with van der Waals surface area (Å²) in [5, 5.41) is 19.4. The molecule has 0 radical (unpaired) electrons. The Balaban J connectivity index is 2.21. The Labute approximate surface area is 149 Å². The first-order valence-corrected chi connectivity index (χ1v) is 8.03. The molecule has 0 fully saturated rings. The topological polar surface area (TPSA) is 64.9 Å². The van der Waals surface area contributed by atoms with E-state index in [1.807, 2.05) is 43.3 Å². The average molecular weight is 343 g/mol. The van der Waals surface area contributed by atoms with Crippen molar-refractivity contribution in [1.82, 2.24) is 9.38 Å². The zero-order valence-corrected chi connectivity index (χ0v) is 14.0. The van der Waals surface area contributed by atoms with E-state index in [0.29, 0.717) is 21.9 Å². The van der Waals surface area contributed by atoms with Crippen molar-refractivity contribution in [2.75, 3.05) is 0 Å². The Bertz CT molecular complexity index is 1240. The van der Waals surface area contributed by atoms with Crippen LogP contribution < -0.4 is 0 Å². The highest BCUT2D eigenvalue weighted by molar-refractivity contribution is 6.33. The van der Waals surface area contributed by atoms with Gasteiger partial charge in [-0.25, -0.2) is 4.98 Å². The summed E-state index contributed by atoms with van der Waals surface area (Å²) in [6, 6.07) is 19.2. The normalized spacial score (nSPS) is 10.7. The number of benzene rings is 2. The second-order valence-corrected chi connectivity index (χ2v) is 6.09. The molecule has 118 valence electrons.